The van der Waals surface area contributed by atoms with Crippen LogP contribution >= 0.6 is 11.3 Å². The summed E-state index contributed by atoms with van der Waals surface area (Å²) in [6, 6.07) is 60.1. The van der Waals surface area contributed by atoms with E-state index >= 15 is 0 Å². The molecule has 1 spiro atoms. The van der Waals surface area contributed by atoms with Gasteiger partial charge in [-0.25, -0.2) is 4.99 Å². The number of benzene rings is 7. The van der Waals surface area contributed by atoms with Crippen molar-refractivity contribution in [3.05, 3.63) is 220 Å². The van der Waals surface area contributed by atoms with Gasteiger partial charge in [0.05, 0.1) is 16.8 Å². The van der Waals surface area contributed by atoms with Crippen molar-refractivity contribution in [1.29, 1.82) is 0 Å². The molecule has 0 saturated carbocycles. The van der Waals surface area contributed by atoms with Gasteiger partial charge < -0.3 is 0 Å². The van der Waals surface area contributed by atoms with Gasteiger partial charge in [-0.2, -0.15) is 0 Å². The Morgan fingerprint density at radius 1 is 0.529 bits per heavy atom. The average molecular weight is 666 g/mol. The van der Waals surface area contributed by atoms with Crippen LogP contribution in [0.5, 0.6) is 0 Å². The van der Waals surface area contributed by atoms with E-state index in [9.17, 15) is 0 Å². The minimum absolute atomic E-state index is 0.0954. The number of aliphatic imine (C=N–C) groups is 1. The molecule has 1 aliphatic heterocycles. The van der Waals surface area contributed by atoms with Crippen molar-refractivity contribution in [2.45, 2.75) is 11.3 Å². The van der Waals surface area contributed by atoms with E-state index in [4.69, 9.17) is 4.99 Å². The van der Waals surface area contributed by atoms with Crippen LogP contribution in [0.25, 0.3) is 48.8 Å². The third-order valence-electron chi connectivity index (χ3n) is 11.2. The second kappa shape index (κ2) is 11.0. The predicted octanol–water partition coefficient (Wildman–Crippen LogP) is 12.6. The molecule has 7 aromatic carbocycles. The Labute approximate surface area is 301 Å². The zero-order valence-corrected chi connectivity index (χ0v) is 28.6. The monoisotopic (exact) mass is 665 g/mol. The van der Waals surface area contributed by atoms with Crippen LogP contribution in [0.2, 0.25) is 0 Å². The van der Waals surface area contributed by atoms with Crippen LogP contribution in [-0.2, 0) is 5.41 Å². The fourth-order valence-corrected chi connectivity index (χ4v) is 10.4. The molecule has 3 aliphatic rings. The zero-order valence-electron chi connectivity index (χ0n) is 27.8. The quantitative estimate of drug-likeness (QED) is 0.178. The van der Waals surface area contributed by atoms with Crippen molar-refractivity contribution >= 4 is 43.6 Å². The van der Waals surface area contributed by atoms with Gasteiger partial charge in [-0.1, -0.05) is 158 Å². The van der Waals surface area contributed by atoms with Crippen LogP contribution in [0.4, 0.5) is 0 Å². The van der Waals surface area contributed by atoms with Crippen LogP contribution in [0.15, 0.2) is 187 Å². The minimum Gasteiger partial charge on any atom is -0.248 e. The topological polar surface area (TPSA) is 12.4 Å². The van der Waals surface area contributed by atoms with E-state index in [0.29, 0.717) is 0 Å². The van der Waals surface area contributed by atoms with Gasteiger partial charge in [0.2, 0.25) is 0 Å². The van der Waals surface area contributed by atoms with Gasteiger partial charge in [-0.05, 0) is 74.0 Å². The van der Waals surface area contributed by atoms with Crippen molar-refractivity contribution in [2.24, 2.45) is 4.99 Å². The van der Waals surface area contributed by atoms with Gasteiger partial charge in [0.15, 0.2) is 0 Å². The maximum absolute atomic E-state index is 5.53. The van der Waals surface area contributed by atoms with Crippen LogP contribution in [0, 0.1) is 0 Å². The molecule has 2 heterocycles. The van der Waals surface area contributed by atoms with E-state index in [1.54, 1.807) is 0 Å². The molecular formula is C49H31NS. The molecule has 0 N–H and O–H groups in total. The second-order valence-corrected chi connectivity index (χ2v) is 14.8. The number of allylic oxidation sites excluding steroid dienone is 3. The van der Waals surface area contributed by atoms with Crippen molar-refractivity contribution in [3.8, 4) is 22.3 Å². The van der Waals surface area contributed by atoms with Gasteiger partial charge in [-0.15, -0.1) is 11.3 Å². The summed E-state index contributed by atoms with van der Waals surface area (Å²) in [5.74, 6) is 0.0954. The average Bonchev–Trinajstić information content (AvgIpc) is 3.74. The highest BCUT2D eigenvalue weighted by Gasteiger charge is 2.53. The van der Waals surface area contributed by atoms with Gasteiger partial charge in [-0.3, -0.25) is 0 Å². The Morgan fingerprint density at radius 2 is 1.18 bits per heavy atom. The van der Waals surface area contributed by atoms with Crippen molar-refractivity contribution in [1.82, 2.24) is 0 Å². The van der Waals surface area contributed by atoms with Crippen LogP contribution < -0.4 is 0 Å². The maximum Gasteiger partial charge on any atom is 0.0819 e. The molecule has 0 fully saturated rings. The SMILES string of the molecule is C1=C[C@@H](c2ccccc2)C=C(c2cccc3ccccc23)N=C1c1ccc2c(c1)-c1c(sc3ccccc13)C21c2ccccc2-c2ccccc21. The number of rotatable bonds is 3. The lowest BCUT2D eigenvalue weighted by atomic mass is 9.73. The summed E-state index contributed by atoms with van der Waals surface area (Å²) in [5.41, 5.74) is 14.6. The highest BCUT2D eigenvalue weighted by atomic mass is 32.1. The molecule has 0 saturated heterocycles. The van der Waals surface area contributed by atoms with E-state index in [0.717, 1.165) is 22.5 Å². The molecule has 0 amide bonds. The molecule has 1 nitrogen and oxygen atoms in total. The first-order valence-electron chi connectivity index (χ1n) is 17.7. The number of fused-ring (bicyclic) bond motifs is 13. The molecule has 0 bridgehead atoms. The molecule has 11 rings (SSSR count). The molecule has 51 heavy (non-hydrogen) atoms. The zero-order chi connectivity index (χ0) is 33.5. The molecule has 1 atom stereocenters. The van der Waals surface area contributed by atoms with Gasteiger partial charge in [0.25, 0.3) is 0 Å². The molecular weight excluding hydrogens is 635 g/mol. The Hall–Kier alpha value is -6.09. The second-order valence-electron chi connectivity index (χ2n) is 13.8. The highest BCUT2D eigenvalue weighted by molar-refractivity contribution is 7.20. The lowest BCUT2D eigenvalue weighted by Crippen LogP contribution is -2.24. The van der Waals surface area contributed by atoms with E-state index in [-0.39, 0.29) is 11.3 Å². The Kier molecular flexibility index (Phi) is 6.17. The van der Waals surface area contributed by atoms with E-state index in [1.165, 1.54) is 70.2 Å². The lowest BCUT2D eigenvalue weighted by Gasteiger charge is -2.29. The maximum atomic E-state index is 5.53. The van der Waals surface area contributed by atoms with E-state index < -0.39 is 0 Å². The smallest absolute Gasteiger partial charge is 0.0819 e. The Bertz CT molecular complexity index is 2760. The Morgan fingerprint density at radius 3 is 2.00 bits per heavy atom. The number of hydrogen-bond donors (Lipinski definition) is 0. The predicted molar refractivity (Wildman–Crippen MR) is 215 cm³/mol. The third-order valence-corrected chi connectivity index (χ3v) is 12.5. The van der Waals surface area contributed by atoms with Crippen molar-refractivity contribution in [3.63, 3.8) is 0 Å². The summed E-state index contributed by atoms with van der Waals surface area (Å²) in [7, 11) is 0. The lowest BCUT2D eigenvalue weighted by molar-refractivity contribution is 0.811. The number of thiophene rings is 1. The van der Waals surface area contributed by atoms with Crippen LogP contribution in [0.1, 0.15) is 44.2 Å². The molecule has 2 aliphatic carbocycles. The Balaban J connectivity index is 1.16. The van der Waals surface area contributed by atoms with Gasteiger partial charge >= 0.3 is 0 Å². The van der Waals surface area contributed by atoms with Gasteiger partial charge in [0.1, 0.15) is 0 Å². The molecule has 0 radical (unpaired) electrons. The largest absolute Gasteiger partial charge is 0.248 e. The highest BCUT2D eigenvalue weighted by Crippen LogP contribution is 2.66. The summed E-state index contributed by atoms with van der Waals surface area (Å²) in [6.45, 7) is 0. The summed E-state index contributed by atoms with van der Waals surface area (Å²) in [6.07, 6.45) is 6.89. The standard InChI is InChI=1S/C49H31NS/c1-2-13-31(14-3-1)33-26-28-44(50-45(30-33)38-21-12-16-32-15-4-5-17-35(32)38)34-25-27-43-40(29-34)47-39-20-8-11-24-46(39)51-48(47)49(43)41-22-9-6-18-36(41)37-19-7-10-23-42(37)49/h1-30,33H/t33-/m1/s1. The fraction of sp³-hybridized carbons (Fsp3) is 0.0408. The van der Waals surface area contributed by atoms with Crippen molar-refractivity contribution < 1.29 is 0 Å². The first kappa shape index (κ1) is 28.7. The van der Waals surface area contributed by atoms with Crippen LogP contribution in [-0.4, -0.2) is 5.71 Å². The van der Waals surface area contributed by atoms with E-state index in [2.05, 4.69) is 182 Å². The summed E-state index contributed by atoms with van der Waals surface area (Å²) in [5, 5.41) is 3.76. The minimum atomic E-state index is -0.354. The normalized spacial score (nSPS) is 16.4. The first-order chi connectivity index (χ1) is 25.3. The summed E-state index contributed by atoms with van der Waals surface area (Å²) in [4.78, 5) is 6.95. The summed E-state index contributed by atoms with van der Waals surface area (Å²) >= 11 is 1.95. The molecule has 1 aromatic heterocycles. The molecule has 2 heteroatoms. The molecule has 238 valence electrons. The van der Waals surface area contributed by atoms with Crippen LogP contribution in [0.3, 0.4) is 0 Å². The van der Waals surface area contributed by atoms with Crippen molar-refractivity contribution in [2.75, 3.05) is 0 Å². The van der Waals surface area contributed by atoms with Gasteiger partial charge in [0, 0.05) is 37.6 Å². The summed E-state index contributed by atoms with van der Waals surface area (Å²) < 4.78 is 1.33. The third kappa shape index (κ3) is 4.06. The number of nitrogens with zero attached hydrogens (tertiary/aromatic N) is 1. The molecule has 0 unspecified atom stereocenters. The number of hydrogen-bond acceptors (Lipinski definition) is 2. The fourth-order valence-electron chi connectivity index (χ4n) is 8.97. The van der Waals surface area contributed by atoms with E-state index in [1.807, 2.05) is 11.3 Å². The molecule has 8 aromatic rings. The first-order valence-corrected chi connectivity index (χ1v) is 18.5.